The number of hydrazone groups is 1. The van der Waals surface area contributed by atoms with E-state index in [0.29, 0.717) is 17.7 Å². The quantitative estimate of drug-likeness (QED) is 0.854. The molecule has 26 heavy (non-hydrogen) atoms. The number of rotatable bonds is 3. The van der Waals surface area contributed by atoms with Crippen LogP contribution < -0.4 is 5.43 Å². The molecule has 1 aliphatic carbocycles. The monoisotopic (exact) mass is 373 g/mol. The fourth-order valence-electron chi connectivity index (χ4n) is 3.94. The molecule has 1 amide bonds. The van der Waals surface area contributed by atoms with E-state index in [4.69, 9.17) is 4.99 Å². The van der Waals surface area contributed by atoms with Gasteiger partial charge in [0.15, 0.2) is 5.17 Å². The molecule has 3 aliphatic rings. The van der Waals surface area contributed by atoms with Crippen LogP contribution in [0.1, 0.15) is 61.5 Å². The molecule has 140 valence electrons. The Labute approximate surface area is 158 Å². The molecular weight excluding hydrogens is 346 g/mol. The molecule has 7 heteroatoms. The fraction of sp³-hybridized carbons (Fsp3) is 0.632. The van der Waals surface area contributed by atoms with Crippen molar-refractivity contribution in [3.63, 3.8) is 0 Å². The molecule has 1 saturated carbocycles. The minimum Gasteiger partial charge on any atom is -0.357 e. The van der Waals surface area contributed by atoms with Gasteiger partial charge in [-0.1, -0.05) is 31.5 Å². The molecule has 2 aliphatic heterocycles. The second-order valence-corrected chi connectivity index (χ2v) is 8.49. The summed E-state index contributed by atoms with van der Waals surface area (Å²) in [5, 5.41) is 5.44. The Balaban J connectivity index is 1.40. The van der Waals surface area contributed by atoms with Gasteiger partial charge in [-0.05, 0) is 37.7 Å². The van der Waals surface area contributed by atoms with Crippen LogP contribution in [0.3, 0.4) is 0 Å². The van der Waals surface area contributed by atoms with Gasteiger partial charge in [0.2, 0.25) is 0 Å². The molecule has 3 heterocycles. The van der Waals surface area contributed by atoms with Crippen LogP contribution in [0.4, 0.5) is 0 Å². The van der Waals surface area contributed by atoms with Crippen LogP contribution in [-0.4, -0.2) is 51.6 Å². The van der Waals surface area contributed by atoms with Gasteiger partial charge in [-0.25, -0.2) is 0 Å². The smallest absolute Gasteiger partial charge is 0.270 e. The van der Waals surface area contributed by atoms with Crippen LogP contribution in [0.2, 0.25) is 0 Å². The number of carbonyl (C=O) groups is 1. The van der Waals surface area contributed by atoms with Crippen molar-refractivity contribution in [2.75, 3.05) is 18.8 Å². The van der Waals surface area contributed by atoms with E-state index in [1.807, 2.05) is 17.2 Å². The highest BCUT2D eigenvalue weighted by Crippen LogP contribution is 2.27. The van der Waals surface area contributed by atoms with E-state index in [-0.39, 0.29) is 5.91 Å². The molecule has 2 atom stereocenters. The number of carbonyl (C=O) groups excluding carboxylic acids is 1. The lowest BCUT2D eigenvalue weighted by molar-refractivity contribution is 0.0787. The molecule has 2 unspecified atom stereocenters. The second kappa shape index (κ2) is 7.86. The summed E-state index contributed by atoms with van der Waals surface area (Å²) in [7, 11) is 0. The van der Waals surface area contributed by atoms with Gasteiger partial charge >= 0.3 is 0 Å². The van der Waals surface area contributed by atoms with Crippen molar-refractivity contribution in [1.82, 2.24) is 15.3 Å². The molecule has 2 N–H and O–H groups in total. The number of hydrogen-bond donors (Lipinski definition) is 2. The van der Waals surface area contributed by atoms with Crippen molar-refractivity contribution in [3.05, 3.63) is 23.5 Å². The largest absolute Gasteiger partial charge is 0.357 e. The molecule has 4 rings (SSSR count). The third-order valence-corrected chi connectivity index (χ3v) is 6.51. The normalized spacial score (nSPS) is 28.1. The van der Waals surface area contributed by atoms with Crippen molar-refractivity contribution in [2.24, 2.45) is 16.0 Å². The summed E-state index contributed by atoms with van der Waals surface area (Å²) in [6, 6.07) is 2.35. The molecule has 0 spiro atoms. The summed E-state index contributed by atoms with van der Waals surface area (Å²) >= 11 is 1.70. The third-order valence-electron chi connectivity index (χ3n) is 5.62. The average Bonchev–Trinajstić information content (AvgIpc) is 3.36. The van der Waals surface area contributed by atoms with Crippen molar-refractivity contribution in [2.45, 2.75) is 51.5 Å². The van der Waals surface area contributed by atoms with E-state index < -0.39 is 0 Å². The molecule has 6 nitrogen and oxygen atoms in total. The van der Waals surface area contributed by atoms with E-state index >= 15 is 0 Å². The Kier molecular flexibility index (Phi) is 5.33. The van der Waals surface area contributed by atoms with Gasteiger partial charge in [0.1, 0.15) is 5.69 Å². The zero-order valence-corrected chi connectivity index (χ0v) is 16.1. The fourth-order valence-corrected chi connectivity index (χ4v) is 4.77. The topological polar surface area (TPSA) is 72.8 Å². The van der Waals surface area contributed by atoms with Gasteiger partial charge in [0.25, 0.3) is 5.91 Å². The van der Waals surface area contributed by atoms with E-state index in [2.05, 4.69) is 22.4 Å². The van der Waals surface area contributed by atoms with E-state index in [9.17, 15) is 4.79 Å². The highest BCUT2D eigenvalue weighted by atomic mass is 32.2. The second-order valence-electron chi connectivity index (χ2n) is 7.52. The van der Waals surface area contributed by atoms with E-state index in [1.54, 1.807) is 11.8 Å². The molecule has 0 radical (unpaired) electrons. The van der Waals surface area contributed by atoms with Crippen LogP contribution in [-0.2, 0) is 0 Å². The number of nitrogens with one attached hydrogen (secondary N) is 2. The van der Waals surface area contributed by atoms with Gasteiger partial charge in [-0.3, -0.25) is 15.2 Å². The van der Waals surface area contributed by atoms with Crippen LogP contribution >= 0.6 is 11.8 Å². The summed E-state index contributed by atoms with van der Waals surface area (Å²) in [5.41, 5.74) is 5.72. The molecular formula is C19H27N5OS. The van der Waals surface area contributed by atoms with Gasteiger partial charge in [0.05, 0.1) is 11.8 Å². The predicted octanol–water partition coefficient (Wildman–Crippen LogP) is 3.23. The molecule has 0 bridgehead atoms. The van der Waals surface area contributed by atoms with Crippen molar-refractivity contribution in [1.29, 1.82) is 0 Å². The van der Waals surface area contributed by atoms with E-state index in [0.717, 1.165) is 48.1 Å². The first-order valence-electron chi connectivity index (χ1n) is 9.72. The zero-order chi connectivity index (χ0) is 17.9. The minimum atomic E-state index is 0.0966. The molecule has 1 aromatic rings. The summed E-state index contributed by atoms with van der Waals surface area (Å²) in [5.74, 6) is 1.54. The maximum absolute atomic E-state index is 12.5. The Morgan fingerprint density at radius 2 is 2.08 bits per heavy atom. The SMILES string of the molecule is CC1CCCCC1N=C1NN=C(c2c[nH]c(C(=O)N3CCCC3)c2)CS1. The van der Waals surface area contributed by atoms with Gasteiger partial charge in [-0.2, -0.15) is 5.10 Å². The summed E-state index contributed by atoms with van der Waals surface area (Å²) in [6.45, 7) is 4.03. The summed E-state index contributed by atoms with van der Waals surface area (Å²) in [6.07, 6.45) is 9.17. The lowest BCUT2D eigenvalue weighted by Crippen LogP contribution is -2.29. The summed E-state index contributed by atoms with van der Waals surface area (Å²) < 4.78 is 0. The summed E-state index contributed by atoms with van der Waals surface area (Å²) in [4.78, 5) is 22.4. The van der Waals surface area contributed by atoms with Gasteiger partial charge < -0.3 is 9.88 Å². The first-order valence-corrected chi connectivity index (χ1v) is 10.7. The number of amides is 1. The third kappa shape index (κ3) is 3.82. The number of amidine groups is 1. The Morgan fingerprint density at radius 1 is 1.27 bits per heavy atom. The van der Waals surface area contributed by atoms with Crippen molar-refractivity contribution < 1.29 is 4.79 Å². The number of nitrogens with zero attached hydrogens (tertiary/aromatic N) is 3. The number of aliphatic imine (C=N–C) groups is 1. The maximum Gasteiger partial charge on any atom is 0.270 e. The number of thioether (sulfide) groups is 1. The highest BCUT2D eigenvalue weighted by molar-refractivity contribution is 8.14. The van der Waals surface area contributed by atoms with Gasteiger partial charge in [0, 0.05) is 30.6 Å². The molecule has 1 aromatic heterocycles. The maximum atomic E-state index is 12.5. The molecule has 1 saturated heterocycles. The first-order chi connectivity index (χ1) is 12.7. The Hall–Kier alpha value is -1.76. The van der Waals surface area contributed by atoms with Crippen LogP contribution in [0.25, 0.3) is 0 Å². The van der Waals surface area contributed by atoms with Crippen LogP contribution in [0.5, 0.6) is 0 Å². The number of aromatic nitrogens is 1. The predicted molar refractivity (Wildman–Crippen MR) is 107 cm³/mol. The van der Waals surface area contributed by atoms with Crippen molar-refractivity contribution >= 4 is 28.5 Å². The standard InChI is InChI=1S/C19H27N5OS/c1-13-6-2-3-7-15(13)21-19-23-22-17(12-26-19)14-10-16(20-11-14)18(25)24-8-4-5-9-24/h10-11,13,15,20H,2-9,12H2,1H3,(H,21,23). The number of aromatic amines is 1. The van der Waals surface area contributed by atoms with E-state index in [1.165, 1.54) is 25.7 Å². The molecule has 2 fully saturated rings. The minimum absolute atomic E-state index is 0.0966. The zero-order valence-electron chi connectivity index (χ0n) is 15.3. The number of hydrogen-bond acceptors (Lipinski definition) is 4. The van der Waals surface area contributed by atoms with Crippen molar-refractivity contribution in [3.8, 4) is 0 Å². The lowest BCUT2D eigenvalue weighted by Gasteiger charge is -2.26. The Morgan fingerprint density at radius 3 is 2.81 bits per heavy atom. The lowest BCUT2D eigenvalue weighted by atomic mass is 9.86. The average molecular weight is 374 g/mol. The highest BCUT2D eigenvalue weighted by Gasteiger charge is 2.24. The Bertz CT molecular complexity index is 719. The van der Waals surface area contributed by atoms with Crippen LogP contribution in [0, 0.1) is 5.92 Å². The first kappa shape index (κ1) is 17.6. The van der Waals surface area contributed by atoms with Gasteiger partial charge in [-0.15, -0.1) is 0 Å². The van der Waals surface area contributed by atoms with Crippen LogP contribution in [0.15, 0.2) is 22.4 Å². The number of H-pyrrole nitrogens is 1. The molecule has 0 aromatic carbocycles. The number of likely N-dealkylation sites (tertiary alicyclic amines) is 1.